The predicted molar refractivity (Wildman–Crippen MR) is 81.9 cm³/mol. The van der Waals surface area contributed by atoms with Crippen LogP contribution in [0.25, 0.3) is 0 Å². The van der Waals surface area contributed by atoms with Crippen molar-refractivity contribution in [3.63, 3.8) is 0 Å². The van der Waals surface area contributed by atoms with Crippen LogP contribution in [0.1, 0.15) is 39.6 Å². The third kappa shape index (κ3) is 3.65. The van der Waals surface area contributed by atoms with Gasteiger partial charge in [0.05, 0.1) is 11.0 Å². The Bertz CT molecular complexity index is 577. The van der Waals surface area contributed by atoms with Gasteiger partial charge in [-0.1, -0.05) is 29.8 Å². The van der Waals surface area contributed by atoms with Crippen molar-refractivity contribution in [2.45, 2.75) is 26.3 Å². The summed E-state index contributed by atoms with van der Waals surface area (Å²) in [5.74, 6) is -0.141. The van der Waals surface area contributed by atoms with Crippen molar-refractivity contribution in [2.75, 3.05) is 6.54 Å². The summed E-state index contributed by atoms with van der Waals surface area (Å²) in [4.78, 5) is 16.4. The molecular weight excluding hydrogens is 270 g/mol. The van der Waals surface area contributed by atoms with E-state index in [9.17, 15) is 4.79 Å². The largest absolute Gasteiger partial charge is 0.344 e. The van der Waals surface area contributed by atoms with Crippen LogP contribution in [0.3, 0.4) is 0 Å². The smallest absolute Gasteiger partial charge is 0.271 e. The summed E-state index contributed by atoms with van der Waals surface area (Å²) in [7, 11) is 0. The first kappa shape index (κ1) is 14.7. The molecule has 1 aromatic heterocycles. The van der Waals surface area contributed by atoms with Crippen LogP contribution in [0.2, 0.25) is 0 Å². The van der Waals surface area contributed by atoms with Gasteiger partial charge in [0.1, 0.15) is 5.69 Å². The second kappa shape index (κ2) is 6.63. The molecule has 1 amide bonds. The molecule has 0 aliphatic rings. The lowest BCUT2D eigenvalue weighted by atomic mass is 10.1. The fourth-order valence-electron chi connectivity index (χ4n) is 1.86. The zero-order chi connectivity index (χ0) is 14.5. The third-order valence-electron chi connectivity index (χ3n) is 3.07. The molecule has 0 saturated carbocycles. The minimum absolute atomic E-state index is 0.0391. The molecule has 1 aromatic carbocycles. The number of amides is 1. The van der Waals surface area contributed by atoms with Crippen LogP contribution in [0.4, 0.5) is 0 Å². The van der Waals surface area contributed by atoms with Gasteiger partial charge in [0.25, 0.3) is 5.91 Å². The van der Waals surface area contributed by atoms with Gasteiger partial charge < -0.3 is 11.1 Å². The monoisotopic (exact) mass is 289 g/mol. The van der Waals surface area contributed by atoms with Crippen molar-refractivity contribution in [1.82, 2.24) is 10.3 Å². The minimum atomic E-state index is -0.141. The Morgan fingerprint density at radius 2 is 2.10 bits per heavy atom. The van der Waals surface area contributed by atoms with Gasteiger partial charge in [-0.3, -0.25) is 4.79 Å². The number of aryl methyl sites for hydroxylation is 1. The standard InChI is InChI=1S/C15H19N3OS/c1-10-3-5-12(6-4-10)11(2)17-15(19)13-9-20-14(18-13)7-8-16/h3-6,9,11H,7-8,16H2,1-2H3,(H,17,19). The number of benzene rings is 1. The van der Waals surface area contributed by atoms with Gasteiger partial charge in [0, 0.05) is 11.8 Å². The first-order chi connectivity index (χ1) is 9.60. The summed E-state index contributed by atoms with van der Waals surface area (Å²) in [6.07, 6.45) is 0.714. The predicted octanol–water partition coefficient (Wildman–Crippen LogP) is 2.44. The maximum absolute atomic E-state index is 12.1. The molecule has 0 spiro atoms. The fraction of sp³-hybridized carbons (Fsp3) is 0.333. The number of aromatic nitrogens is 1. The number of hydrogen-bond donors (Lipinski definition) is 2. The van der Waals surface area contributed by atoms with E-state index >= 15 is 0 Å². The lowest BCUT2D eigenvalue weighted by Gasteiger charge is -2.13. The highest BCUT2D eigenvalue weighted by atomic mass is 32.1. The summed E-state index contributed by atoms with van der Waals surface area (Å²) in [5.41, 5.74) is 8.24. The van der Waals surface area contributed by atoms with E-state index in [1.54, 1.807) is 5.38 Å². The van der Waals surface area contributed by atoms with E-state index in [0.29, 0.717) is 18.7 Å². The van der Waals surface area contributed by atoms with E-state index < -0.39 is 0 Å². The number of nitrogens with zero attached hydrogens (tertiary/aromatic N) is 1. The number of nitrogens with two attached hydrogens (primary N) is 1. The van der Waals surface area contributed by atoms with Crippen LogP contribution in [-0.4, -0.2) is 17.4 Å². The van der Waals surface area contributed by atoms with Crippen molar-refractivity contribution in [3.8, 4) is 0 Å². The number of rotatable bonds is 5. The molecule has 4 nitrogen and oxygen atoms in total. The van der Waals surface area contributed by atoms with Crippen molar-refractivity contribution in [3.05, 3.63) is 51.5 Å². The molecule has 1 heterocycles. The van der Waals surface area contributed by atoms with Crippen molar-refractivity contribution in [1.29, 1.82) is 0 Å². The van der Waals surface area contributed by atoms with E-state index in [1.165, 1.54) is 16.9 Å². The van der Waals surface area contributed by atoms with Crippen LogP contribution < -0.4 is 11.1 Å². The summed E-state index contributed by atoms with van der Waals surface area (Å²) in [5, 5.41) is 5.64. The summed E-state index contributed by atoms with van der Waals surface area (Å²) in [6, 6.07) is 8.10. The average molecular weight is 289 g/mol. The Morgan fingerprint density at radius 1 is 1.40 bits per heavy atom. The molecular formula is C15H19N3OS. The molecule has 0 saturated heterocycles. The Labute approximate surface area is 123 Å². The Kier molecular flexibility index (Phi) is 4.87. The molecule has 0 bridgehead atoms. The number of hydrogen-bond acceptors (Lipinski definition) is 4. The van der Waals surface area contributed by atoms with Gasteiger partial charge in [0.15, 0.2) is 0 Å². The summed E-state index contributed by atoms with van der Waals surface area (Å²) in [6.45, 7) is 4.56. The zero-order valence-electron chi connectivity index (χ0n) is 11.7. The number of carbonyl (C=O) groups excluding carboxylic acids is 1. The molecule has 0 fully saturated rings. The van der Waals surface area contributed by atoms with E-state index in [0.717, 1.165) is 10.6 Å². The number of carbonyl (C=O) groups is 1. The first-order valence-electron chi connectivity index (χ1n) is 6.62. The van der Waals surface area contributed by atoms with Crippen LogP contribution in [0.5, 0.6) is 0 Å². The minimum Gasteiger partial charge on any atom is -0.344 e. The molecule has 2 rings (SSSR count). The maximum atomic E-state index is 12.1. The van der Waals surface area contributed by atoms with Crippen molar-refractivity contribution >= 4 is 17.2 Å². The molecule has 106 valence electrons. The normalized spacial score (nSPS) is 12.2. The van der Waals surface area contributed by atoms with Gasteiger partial charge in [-0.15, -0.1) is 11.3 Å². The number of nitrogens with one attached hydrogen (secondary N) is 1. The molecule has 3 N–H and O–H groups in total. The summed E-state index contributed by atoms with van der Waals surface area (Å²) >= 11 is 1.48. The van der Waals surface area contributed by atoms with E-state index in [4.69, 9.17) is 5.73 Å². The van der Waals surface area contributed by atoms with Crippen LogP contribution in [0, 0.1) is 6.92 Å². The molecule has 20 heavy (non-hydrogen) atoms. The zero-order valence-corrected chi connectivity index (χ0v) is 12.5. The molecule has 0 radical (unpaired) electrons. The quantitative estimate of drug-likeness (QED) is 0.888. The van der Waals surface area contributed by atoms with E-state index in [-0.39, 0.29) is 11.9 Å². The average Bonchev–Trinajstić information content (AvgIpc) is 2.88. The van der Waals surface area contributed by atoms with E-state index in [2.05, 4.69) is 10.3 Å². The maximum Gasteiger partial charge on any atom is 0.271 e. The van der Waals surface area contributed by atoms with Gasteiger partial charge in [0.2, 0.25) is 0 Å². The highest BCUT2D eigenvalue weighted by molar-refractivity contribution is 7.09. The van der Waals surface area contributed by atoms with E-state index in [1.807, 2.05) is 38.1 Å². The SMILES string of the molecule is Cc1ccc(C(C)NC(=O)c2csc(CCN)n2)cc1. The first-order valence-corrected chi connectivity index (χ1v) is 7.50. The third-order valence-corrected chi connectivity index (χ3v) is 3.98. The second-order valence-electron chi connectivity index (χ2n) is 4.77. The molecule has 5 heteroatoms. The van der Waals surface area contributed by atoms with Gasteiger partial charge in [-0.2, -0.15) is 0 Å². The van der Waals surface area contributed by atoms with Gasteiger partial charge in [-0.05, 0) is 26.0 Å². The highest BCUT2D eigenvalue weighted by Gasteiger charge is 2.14. The highest BCUT2D eigenvalue weighted by Crippen LogP contribution is 2.15. The number of thiazole rings is 1. The lowest BCUT2D eigenvalue weighted by molar-refractivity contribution is 0.0935. The van der Waals surface area contributed by atoms with Gasteiger partial charge >= 0.3 is 0 Å². The van der Waals surface area contributed by atoms with Crippen LogP contribution >= 0.6 is 11.3 Å². The molecule has 0 aliphatic heterocycles. The molecule has 1 unspecified atom stereocenters. The summed E-state index contributed by atoms with van der Waals surface area (Å²) < 4.78 is 0. The van der Waals surface area contributed by atoms with Crippen LogP contribution in [0.15, 0.2) is 29.6 Å². The molecule has 1 atom stereocenters. The topological polar surface area (TPSA) is 68.0 Å². The Hall–Kier alpha value is -1.72. The van der Waals surface area contributed by atoms with Gasteiger partial charge in [-0.25, -0.2) is 4.98 Å². The lowest BCUT2D eigenvalue weighted by Crippen LogP contribution is -2.27. The fourth-order valence-corrected chi connectivity index (χ4v) is 2.66. The Balaban J connectivity index is 2.01. The Morgan fingerprint density at radius 3 is 2.75 bits per heavy atom. The second-order valence-corrected chi connectivity index (χ2v) is 5.71. The van der Waals surface area contributed by atoms with Crippen molar-refractivity contribution in [2.24, 2.45) is 5.73 Å². The van der Waals surface area contributed by atoms with Crippen LogP contribution in [-0.2, 0) is 6.42 Å². The molecule has 0 aliphatic carbocycles. The van der Waals surface area contributed by atoms with Crippen molar-refractivity contribution < 1.29 is 4.79 Å². The molecule has 2 aromatic rings.